The summed E-state index contributed by atoms with van der Waals surface area (Å²) in [5.41, 5.74) is 0. The van der Waals surface area contributed by atoms with Gasteiger partial charge in [0, 0.05) is 31.7 Å². The van der Waals surface area contributed by atoms with E-state index < -0.39 is 0 Å². The van der Waals surface area contributed by atoms with Crippen molar-refractivity contribution in [1.29, 1.82) is 5.26 Å². The summed E-state index contributed by atoms with van der Waals surface area (Å²) in [6, 6.07) is 2.21. The lowest BCUT2D eigenvalue weighted by molar-refractivity contribution is -0.131. The van der Waals surface area contributed by atoms with E-state index in [1.165, 1.54) is 0 Å². The van der Waals surface area contributed by atoms with Crippen LogP contribution in [-0.4, -0.2) is 70.5 Å². The number of fused-ring (bicyclic) bond motifs is 1. The molecule has 7 nitrogen and oxygen atoms in total. The number of nitriles is 1. The number of nitrogens with zero attached hydrogens (tertiary/aromatic N) is 4. The Morgan fingerprint density at radius 2 is 1.96 bits per heavy atom. The second-order valence-electron chi connectivity index (χ2n) is 8.09. The topological polar surface area (TPSA) is 79.7 Å². The maximum Gasteiger partial charge on any atom is 0.317 e. The molecular formula is C18H28ClN5O2. The monoisotopic (exact) mass is 381 g/mol. The molecule has 1 saturated carbocycles. The molecule has 0 spiro atoms. The zero-order valence-corrected chi connectivity index (χ0v) is 16.3. The van der Waals surface area contributed by atoms with Gasteiger partial charge in [0.1, 0.15) is 6.04 Å². The standard InChI is InChI=1S/C18H28ClN5O2/c1-12(2)21-18(26)22-9-13-6-16(7-14(13)10-22)24(19)11-17(25)23-5-3-4-15(23)8-20/h12-16H,3-7,9-11H2,1-2H3,(H,21,26)/t13-,14+,15-,16?/m0/s1. The Morgan fingerprint density at radius 3 is 2.54 bits per heavy atom. The fraction of sp³-hybridized carbons (Fsp3) is 0.833. The van der Waals surface area contributed by atoms with E-state index in [2.05, 4.69) is 11.4 Å². The molecule has 0 aromatic heterocycles. The zero-order valence-electron chi connectivity index (χ0n) is 15.5. The average molecular weight is 382 g/mol. The van der Waals surface area contributed by atoms with Crippen molar-refractivity contribution in [1.82, 2.24) is 19.5 Å². The minimum absolute atomic E-state index is 0.0143. The number of rotatable bonds is 4. The fourth-order valence-electron chi connectivity index (χ4n) is 4.55. The molecule has 0 radical (unpaired) electrons. The average Bonchev–Trinajstić information content (AvgIpc) is 3.27. The van der Waals surface area contributed by atoms with Crippen LogP contribution in [0.4, 0.5) is 4.79 Å². The number of amides is 3. The summed E-state index contributed by atoms with van der Waals surface area (Å²) in [4.78, 5) is 28.2. The summed E-state index contributed by atoms with van der Waals surface area (Å²) in [7, 11) is 0. The highest BCUT2D eigenvalue weighted by Gasteiger charge is 2.44. The number of halogens is 1. The predicted octanol–water partition coefficient (Wildman–Crippen LogP) is 1.79. The number of hydrogen-bond donors (Lipinski definition) is 1. The predicted molar refractivity (Wildman–Crippen MR) is 98.1 cm³/mol. The van der Waals surface area contributed by atoms with Gasteiger partial charge >= 0.3 is 6.03 Å². The Morgan fingerprint density at radius 1 is 1.31 bits per heavy atom. The smallest absolute Gasteiger partial charge is 0.317 e. The number of carbonyl (C=O) groups is 2. The quantitative estimate of drug-likeness (QED) is 0.753. The van der Waals surface area contributed by atoms with E-state index in [9.17, 15) is 9.59 Å². The van der Waals surface area contributed by atoms with Crippen LogP contribution in [0.25, 0.3) is 0 Å². The molecule has 3 amide bonds. The van der Waals surface area contributed by atoms with Crippen molar-refractivity contribution in [2.75, 3.05) is 26.2 Å². The van der Waals surface area contributed by atoms with Gasteiger partial charge in [-0.05, 0) is 63.1 Å². The van der Waals surface area contributed by atoms with Gasteiger partial charge < -0.3 is 15.1 Å². The van der Waals surface area contributed by atoms with Gasteiger partial charge in [-0.2, -0.15) is 5.26 Å². The van der Waals surface area contributed by atoms with E-state index in [0.717, 1.165) is 38.8 Å². The summed E-state index contributed by atoms with van der Waals surface area (Å²) in [6.45, 7) is 6.26. The molecule has 4 atom stereocenters. The molecule has 0 bridgehead atoms. The lowest BCUT2D eigenvalue weighted by atomic mass is 10.0. The van der Waals surface area contributed by atoms with E-state index in [1.807, 2.05) is 18.7 Å². The minimum Gasteiger partial charge on any atom is -0.336 e. The molecule has 0 aromatic carbocycles. The van der Waals surface area contributed by atoms with E-state index in [1.54, 1.807) is 9.32 Å². The molecule has 1 aliphatic carbocycles. The minimum atomic E-state index is -0.302. The Bertz CT molecular complexity index is 579. The third-order valence-corrected chi connectivity index (χ3v) is 6.23. The molecule has 1 N–H and O–H groups in total. The first-order chi connectivity index (χ1) is 12.4. The summed E-state index contributed by atoms with van der Waals surface area (Å²) in [6.07, 6.45) is 3.46. The van der Waals surface area contributed by atoms with Crippen molar-refractivity contribution in [3.63, 3.8) is 0 Å². The third kappa shape index (κ3) is 4.07. The van der Waals surface area contributed by atoms with Gasteiger partial charge in [0.05, 0.1) is 12.6 Å². The number of nitrogens with one attached hydrogen (secondary N) is 1. The number of likely N-dealkylation sites (tertiary alicyclic amines) is 2. The molecular weight excluding hydrogens is 354 g/mol. The van der Waals surface area contributed by atoms with Gasteiger partial charge in [-0.1, -0.05) is 0 Å². The molecule has 1 unspecified atom stereocenters. The van der Waals surface area contributed by atoms with E-state index in [4.69, 9.17) is 17.0 Å². The van der Waals surface area contributed by atoms with Gasteiger partial charge in [0.25, 0.3) is 0 Å². The lowest BCUT2D eigenvalue weighted by Gasteiger charge is -2.27. The molecule has 8 heteroatoms. The van der Waals surface area contributed by atoms with Gasteiger partial charge in [-0.15, -0.1) is 0 Å². The molecule has 2 saturated heterocycles. The van der Waals surface area contributed by atoms with Crippen LogP contribution < -0.4 is 5.32 Å². The summed E-state index contributed by atoms with van der Waals surface area (Å²) in [5, 5.41) is 12.1. The van der Waals surface area contributed by atoms with Crippen LogP contribution >= 0.6 is 11.8 Å². The normalized spacial score (nSPS) is 30.8. The third-order valence-electron chi connectivity index (χ3n) is 5.83. The van der Waals surface area contributed by atoms with Crippen LogP contribution in [0, 0.1) is 23.2 Å². The lowest BCUT2D eigenvalue weighted by Crippen LogP contribution is -2.43. The van der Waals surface area contributed by atoms with Crippen LogP contribution in [0.5, 0.6) is 0 Å². The van der Waals surface area contributed by atoms with Crippen molar-refractivity contribution in [2.24, 2.45) is 11.8 Å². The van der Waals surface area contributed by atoms with E-state index >= 15 is 0 Å². The van der Waals surface area contributed by atoms with Crippen LogP contribution in [-0.2, 0) is 4.79 Å². The highest BCUT2D eigenvalue weighted by atomic mass is 35.5. The highest BCUT2D eigenvalue weighted by molar-refractivity contribution is 6.14. The maximum atomic E-state index is 12.5. The highest BCUT2D eigenvalue weighted by Crippen LogP contribution is 2.40. The van der Waals surface area contributed by atoms with Crippen LogP contribution in [0.3, 0.4) is 0 Å². The van der Waals surface area contributed by atoms with Crippen LogP contribution in [0.1, 0.15) is 39.5 Å². The SMILES string of the molecule is CC(C)NC(=O)N1C[C@H]2CC(N(Cl)CC(=O)N3CCC[C@H]3C#N)C[C@H]2C1. The summed E-state index contributed by atoms with van der Waals surface area (Å²) < 4.78 is 1.63. The van der Waals surface area contributed by atoms with Crippen LogP contribution in [0.15, 0.2) is 0 Å². The van der Waals surface area contributed by atoms with Crippen molar-refractivity contribution in [2.45, 2.75) is 57.7 Å². The molecule has 144 valence electrons. The molecule has 26 heavy (non-hydrogen) atoms. The second kappa shape index (κ2) is 8.01. The van der Waals surface area contributed by atoms with Gasteiger partial charge in [0.2, 0.25) is 5.91 Å². The van der Waals surface area contributed by atoms with Gasteiger partial charge in [-0.25, -0.2) is 9.21 Å². The molecule has 2 aliphatic heterocycles. The fourth-order valence-corrected chi connectivity index (χ4v) is 4.81. The first-order valence-corrected chi connectivity index (χ1v) is 9.89. The largest absolute Gasteiger partial charge is 0.336 e. The van der Waals surface area contributed by atoms with E-state index in [-0.39, 0.29) is 36.6 Å². The van der Waals surface area contributed by atoms with Crippen molar-refractivity contribution in [3.05, 3.63) is 0 Å². The Balaban J connectivity index is 1.48. The first kappa shape index (κ1) is 19.2. The number of urea groups is 1. The van der Waals surface area contributed by atoms with Crippen molar-refractivity contribution in [3.8, 4) is 6.07 Å². The van der Waals surface area contributed by atoms with E-state index in [0.29, 0.717) is 18.4 Å². The molecule has 0 aromatic rings. The molecule has 2 heterocycles. The maximum absolute atomic E-state index is 12.5. The second-order valence-corrected chi connectivity index (χ2v) is 8.52. The Hall–Kier alpha value is -1.52. The Labute approximate surface area is 160 Å². The van der Waals surface area contributed by atoms with Gasteiger partial charge in [-0.3, -0.25) is 4.79 Å². The summed E-state index contributed by atoms with van der Waals surface area (Å²) in [5.74, 6) is 0.847. The molecule has 3 fully saturated rings. The van der Waals surface area contributed by atoms with Crippen molar-refractivity contribution >= 4 is 23.7 Å². The summed E-state index contributed by atoms with van der Waals surface area (Å²) >= 11 is 6.44. The Kier molecular flexibility index (Phi) is 5.93. The zero-order chi connectivity index (χ0) is 18.8. The first-order valence-electron chi connectivity index (χ1n) is 9.56. The molecule has 3 rings (SSSR count). The van der Waals surface area contributed by atoms with Crippen molar-refractivity contribution < 1.29 is 9.59 Å². The van der Waals surface area contributed by atoms with Gasteiger partial charge in [0.15, 0.2) is 0 Å². The molecule has 3 aliphatic rings. The van der Waals surface area contributed by atoms with Crippen LogP contribution in [0.2, 0.25) is 0 Å². The number of hydrogen-bond acceptors (Lipinski definition) is 4. The number of carbonyl (C=O) groups excluding carboxylic acids is 2.